The molecule has 0 N–H and O–H groups in total. The van der Waals surface area contributed by atoms with Crippen LogP contribution in [0.5, 0.6) is 5.75 Å². The standard InChI is InChI=1S/C19H20FN3O3/c1-11-13-8-9-23(18(24)26-19(2,3)4)17(13)22-16(21-11)12-6-7-15(25-5)14(20)10-12/h6-10H,1-5H3. The minimum atomic E-state index is -0.627. The zero-order chi connectivity index (χ0) is 19.1. The number of methoxy groups -OCH3 is 1. The molecule has 0 aliphatic heterocycles. The number of carbonyl (C=O) groups excluding carboxylic acids is 1. The maximum absolute atomic E-state index is 14.0. The van der Waals surface area contributed by atoms with E-state index in [9.17, 15) is 9.18 Å². The van der Waals surface area contributed by atoms with Crippen LogP contribution in [0.4, 0.5) is 9.18 Å². The molecule has 0 saturated heterocycles. The average molecular weight is 357 g/mol. The minimum Gasteiger partial charge on any atom is -0.494 e. The van der Waals surface area contributed by atoms with Gasteiger partial charge in [0.1, 0.15) is 5.60 Å². The molecule has 2 heterocycles. The first-order chi connectivity index (χ1) is 12.2. The number of benzene rings is 1. The Bertz CT molecular complexity index is 990. The van der Waals surface area contributed by atoms with E-state index in [0.717, 1.165) is 5.39 Å². The summed E-state index contributed by atoms with van der Waals surface area (Å²) in [4.78, 5) is 21.3. The highest BCUT2D eigenvalue weighted by atomic mass is 19.1. The molecule has 3 rings (SSSR count). The van der Waals surface area contributed by atoms with E-state index in [1.165, 1.54) is 23.8 Å². The molecule has 2 aromatic heterocycles. The Balaban J connectivity index is 2.10. The summed E-state index contributed by atoms with van der Waals surface area (Å²) in [7, 11) is 1.40. The van der Waals surface area contributed by atoms with Gasteiger partial charge in [-0.3, -0.25) is 0 Å². The van der Waals surface area contributed by atoms with E-state index in [1.807, 2.05) is 6.92 Å². The van der Waals surface area contributed by atoms with E-state index in [2.05, 4.69) is 9.97 Å². The van der Waals surface area contributed by atoms with Crippen LogP contribution < -0.4 is 4.74 Å². The fourth-order valence-corrected chi connectivity index (χ4v) is 2.56. The van der Waals surface area contributed by atoms with Crippen LogP contribution in [0.3, 0.4) is 0 Å². The SMILES string of the molecule is COc1ccc(-c2nc(C)c3ccn(C(=O)OC(C)(C)C)c3n2)cc1F. The molecule has 0 aliphatic rings. The van der Waals surface area contributed by atoms with Crippen molar-refractivity contribution in [2.24, 2.45) is 0 Å². The summed E-state index contributed by atoms with van der Waals surface area (Å²) >= 11 is 0. The predicted octanol–water partition coefficient (Wildman–Crippen LogP) is 4.34. The molecule has 3 aromatic rings. The zero-order valence-corrected chi connectivity index (χ0v) is 15.3. The van der Waals surface area contributed by atoms with Gasteiger partial charge in [-0.15, -0.1) is 0 Å². The highest BCUT2D eigenvalue weighted by Gasteiger charge is 2.21. The molecule has 6 nitrogen and oxygen atoms in total. The van der Waals surface area contributed by atoms with E-state index >= 15 is 0 Å². The second-order valence-corrected chi connectivity index (χ2v) is 6.89. The molecule has 136 valence electrons. The van der Waals surface area contributed by atoms with Crippen molar-refractivity contribution in [3.05, 3.63) is 42.0 Å². The number of carbonyl (C=O) groups is 1. The van der Waals surface area contributed by atoms with Gasteiger partial charge in [0.25, 0.3) is 0 Å². The van der Waals surface area contributed by atoms with Gasteiger partial charge in [-0.1, -0.05) is 0 Å². The lowest BCUT2D eigenvalue weighted by atomic mass is 10.2. The van der Waals surface area contributed by atoms with E-state index in [4.69, 9.17) is 9.47 Å². The summed E-state index contributed by atoms with van der Waals surface area (Å²) in [6.07, 6.45) is 1.07. The number of ether oxygens (including phenoxy) is 2. The molecular formula is C19H20FN3O3. The Morgan fingerprint density at radius 1 is 1.19 bits per heavy atom. The topological polar surface area (TPSA) is 66.2 Å². The second-order valence-electron chi connectivity index (χ2n) is 6.89. The molecular weight excluding hydrogens is 337 g/mol. The van der Waals surface area contributed by atoms with Crippen molar-refractivity contribution in [1.29, 1.82) is 0 Å². The molecule has 7 heteroatoms. The Labute approximate surface area is 150 Å². The van der Waals surface area contributed by atoms with Crippen LogP contribution in [0, 0.1) is 12.7 Å². The third kappa shape index (κ3) is 3.37. The number of nitrogens with zero attached hydrogens (tertiary/aromatic N) is 3. The van der Waals surface area contributed by atoms with Crippen LogP contribution in [0.15, 0.2) is 30.5 Å². The van der Waals surface area contributed by atoms with Crippen LogP contribution in [0.2, 0.25) is 0 Å². The van der Waals surface area contributed by atoms with Crippen molar-refractivity contribution < 1.29 is 18.7 Å². The number of halogens is 1. The lowest BCUT2D eigenvalue weighted by Gasteiger charge is -2.19. The number of fused-ring (bicyclic) bond motifs is 1. The third-order valence-corrected chi connectivity index (χ3v) is 3.73. The van der Waals surface area contributed by atoms with Crippen molar-refractivity contribution >= 4 is 17.1 Å². The molecule has 0 amide bonds. The van der Waals surface area contributed by atoms with Crippen molar-refractivity contribution in [2.45, 2.75) is 33.3 Å². The quantitative estimate of drug-likeness (QED) is 0.683. The summed E-state index contributed by atoms with van der Waals surface area (Å²) in [5.74, 6) is -0.0439. The third-order valence-electron chi connectivity index (χ3n) is 3.73. The highest BCUT2D eigenvalue weighted by Crippen LogP contribution is 2.26. The molecule has 0 bridgehead atoms. The van der Waals surface area contributed by atoms with Gasteiger partial charge >= 0.3 is 6.09 Å². The smallest absolute Gasteiger partial charge is 0.420 e. The number of aromatic nitrogens is 3. The average Bonchev–Trinajstić information content (AvgIpc) is 2.97. The molecule has 0 fully saturated rings. The molecule has 0 saturated carbocycles. The van der Waals surface area contributed by atoms with Crippen molar-refractivity contribution in [3.63, 3.8) is 0 Å². The molecule has 26 heavy (non-hydrogen) atoms. The number of rotatable bonds is 2. The van der Waals surface area contributed by atoms with Gasteiger partial charge in [0.2, 0.25) is 0 Å². The second kappa shape index (κ2) is 6.40. The minimum absolute atomic E-state index is 0.142. The number of aryl methyl sites for hydroxylation is 1. The van der Waals surface area contributed by atoms with Gasteiger partial charge < -0.3 is 9.47 Å². The fourth-order valence-electron chi connectivity index (χ4n) is 2.56. The molecule has 0 unspecified atom stereocenters. The summed E-state index contributed by atoms with van der Waals surface area (Å²) in [6.45, 7) is 7.19. The maximum Gasteiger partial charge on any atom is 0.420 e. The first-order valence-corrected chi connectivity index (χ1v) is 8.12. The van der Waals surface area contributed by atoms with Crippen LogP contribution >= 0.6 is 0 Å². The monoisotopic (exact) mass is 357 g/mol. The van der Waals surface area contributed by atoms with Crippen molar-refractivity contribution in [3.8, 4) is 17.1 Å². The lowest BCUT2D eigenvalue weighted by Crippen LogP contribution is -2.27. The number of hydrogen-bond donors (Lipinski definition) is 0. The fraction of sp³-hybridized carbons (Fsp3) is 0.316. The largest absolute Gasteiger partial charge is 0.494 e. The Kier molecular flexibility index (Phi) is 4.39. The van der Waals surface area contributed by atoms with Crippen molar-refractivity contribution in [2.75, 3.05) is 7.11 Å². The van der Waals surface area contributed by atoms with Gasteiger partial charge in [-0.05, 0) is 52.0 Å². The predicted molar refractivity (Wildman–Crippen MR) is 95.8 cm³/mol. The number of hydrogen-bond acceptors (Lipinski definition) is 5. The van der Waals surface area contributed by atoms with Gasteiger partial charge in [0.15, 0.2) is 23.0 Å². The summed E-state index contributed by atoms with van der Waals surface area (Å²) < 4.78 is 25.7. The van der Waals surface area contributed by atoms with Crippen LogP contribution in [-0.4, -0.2) is 33.3 Å². The van der Waals surface area contributed by atoms with E-state index in [0.29, 0.717) is 22.7 Å². The Morgan fingerprint density at radius 3 is 2.54 bits per heavy atom. The molecule has 0 spiro atoms. The first-order valence-electron chi connectivity index (χ1n) is 8.12. The van der Waals surface area contributed by atoms with Crippen LogP contribution in [0.1, 0.15) is 26.5 Å². The maximum atomic E-state index is 14.0. The van der Waals surface area contributed by atoms with Crippen LogP contribution in [-0.2, 0) is 4.74 Å². The van der Waals surface area contributed by atoms with Crippen molar-refractivity contribution in [1.82, 2.24) is 14.5 Å². The Hall–Kier alpha value is -2.96. The highest BCUT2D eigenvalue weighted by molar-refractivity contribution is 5.89. The molecule has 0 aliphatic carbocycles. The van der Waals surface area contributed by atoms with Gasteiger partial charge in [0, 0.05) is 17.1 Å². The van der Waals surface area contributed by atoms with Gasteiger partial charge in [-0.25, -0.2) is 23.7 Å². The van der Waals surface area contributed by atoms with Crippen LogP contribution in [0.25, 0.3) is 22.4 Å². The first kappa shape index (κ1) is 17.8. The van der Waals surface area contributed by atoms with E-state index in [-0.39, 0.29) is 5.75 Å². The Morgan fingerprint density at radius 2 is 1.92 bits per heavy atom. The lowest BCUT2D eigenvalue weighted by molar-refractivity contribution is 0.0543. The summed E-state index contributed by atoms with van der Waals surface area (Å²) in [6, 6.07) is 6.25. The zero-order valence-electron chi connectivity index (χ0n) is 15.3. The van der Waals surface area contributed by atoms with E-state index in [1.54, 1.807) is 39.1 Å². The van der Waals surface area contributed by atoms with E-state index < -0.39 is 17.5 Å². The molecule has 0 radical (unpaired) electrons. The molecule has 0 atom stereocenters. The summed E-state index contributed by atoms with van der Waals surface area (Å²) in [5.41, 5.74) is 0.962. The molecule has 1 aromatic carbocycles. The normalized spacial score (nSPS) is 11.6. The summed E-state index contributed by atoms with van der Waals surface area (Å²) in [5, 5.41) is 0.730. The van der Waals surface area contributed by atoms with Gasteiger partial charge in [-0.2, -0.15) is 0 Å². The van der Waals surface area contributed by atoms with Gasteiger partial charge in [0.05, 0.1) is 12.8 Å².